The molecule has 1 rings (SSSR count). The van der Waals surface area contributed by atoms with Gasteiger partial charge in [-0.2, -0.15) is 0 Å². The van der Waals surface area contributed by atoms with Crippen molar-refractivity contribution in [3.63, 3.8) is 0 Å². The van der Waals surface area contributed by atoms with Gasteiger partial charge < -0.3 is 48.0 Å². The molecule has 44 valence electrons. The van der Waals surface area contributed by atoms with Crippen LogP contribution in [0.2, 0.25) is 0 Å². The minimum atomic E-state index is 0. The first-order chi connectivity index (χ1) is 2.39. The molecule has 0 bridgehead atoms. The van der Waals surface area contributed by atoms with Gasteiger partial charge in [-0.15, -0.1) is 0 Å². The van der Waals surface area contributed by atoms with E-state index < -0.39 is 0 Å². The molecule has 0 saturated heterocycles. The van der Waals surface area contributed by atoms with Crippen LogP contribution in [0.4, 0.5) is 0 Å². The van der Waals surface area contributed by atoms with Gasteiger partial charge in [0.2, 0.25) is 0 Å². The minimum Gasteiger partial charge on any atom is -1.00 e. The zero-order valence-electron chi connectivity index (χ0n) is 4.95. The van der Waals surface area contributed by atoms with Crippen molar-refractivity contribution < 1.29 is 48.0 Å². The first-order valence-electron chi connectivity index (χ1n) is 2.05. The van der Waals surface area contributed by atoms with Gasteiger partial charge in [-0.05, 0) is 19.8 Å². The minimum absolute atomic E-state index is 0. The topological polar surface area (TPSA) is 0 Å². The standard InChI is InChI=1S/C5H8.2HI.Mg/c1-5-3-2-4-5;;;/h3H,2,4H2,1H3;2*1H;/q;;;+2/p-2. The van der Waals surface area contributed by atoms with E-state index in [4.69, 9.17) is 0 Å². The average molecular weight is 346 g/mol. The Morgan fingerprint density at radius 2 is 1.62 bits per heavy atom. The molecule has 0 aromatic rings. The third kappa shape index (κ3) is 6.09. The Hall–Kier alpha value is 1.97. The molecular weight excluding hydrogens is 338 g/mol. The fourth-order valence-electron chi connectivity index (χ4n) is 0.433. The van der Waals surface area contributed by atoms with Gasteiger partial charge in [0.15, 0.2) is 0 Å². The molecule has 0 atom stereocenters. The Labute approximate surface area is 101 Å². The third-order valence-electron chi connectivity index (χ3n) is 1.03. The first kappa shape index (κ1) is 16.5. The number of hydrogen-bond acceptors (Lipinski definition) is 0. The summed E-state index contributed by atoms with van der Waals surface area (Å²) >= 11 is 0. The van der Waals surface area contributed by atoms with Crippen molar-refractivity contribution in [2.75, 3.05) is 0 Å². The SMILES string of the molecule is CC1=CCC1.[I-].[I-].[Mg+2]. The van der Waals surface area contributed by atoms with Crippen LogP contribution in [0.25, 0.3) is 0 Å². The Kier molecular flexibility index (Phi) is 18.5. The molecule has 0 amide bonds. The molecule has 0 radical (unpaired) electrons. The first-order valence-corrected chi connectivity index (χ1v) is 2.05. The molecule has 0 saturated carbocycles. The van der Waals surface area contributed by atoms with Crippen LogP contribution in [0, 0.1) is 0 Å². The van der Waals surface area contributed by atoms with Gasteiger partial charge in [0.1, 0.15) is 0 Å². The molecule has 1 aliphatic rings. The van der Waals surface area contributed by atoms with Gasteiger partial charge in [0.05, 0.1) is 0 Å². The summed E-state index contributed by atoms with van der Waals surface area (Å²) < 4.78 is 0. The van der Waals surface area contributed by atoms with Crippen molar-refractivity contribution in [1.82, 2.24) is 0 Å². The van der Waals surface area contributed by atoms with Crippen molar-refractivity contribution in [1.29, 1.82) is 0 Å². The van der Waals surface area contributed by atoms with Crippen LogP contribution in [0.15, 0.2) is 11.6 Å². The van der Waals surface area contributed by atoms with E-state index in [0.717, 1.165) is 0 Å². The molecule has 3 heteroatoms. The van der Waals surface area contributed by atoms with Crippen molar-refractivity contribution in [3.05, 3.63) is 11.6 Å². The summed E-state index contributed by atoms with van der Waals surface area (Å²) in [6, 6.07) is 0. The third-order valence-corrected chi connectivity index (χ3v) is 1.03. The molecule has 0 fully saturated rings. The zero-order valence-corrected chi connectivity index (χ0v) is 10.7. The summed E-state index contributed by atoms with van der Waals surface area (Å²) in [5.41, 5.74) is 1.56. The zero-order chi connectivity index (χ0) is 3.70. The van der Waals surface area contributed by atoms with Crippen LogP contribution in [0.3, 0.4) is 0 Å². The van der Waals surface area contributed by atoms with E-state index in [9.17, 15) is 0 Å². The second-order valence-electron chi connectivity index (χ2n) is 1.59. The molecule has 0 aromatic heterocycles. The number of allylic oxidation sites excluding steroid dienone is 2. The van der Waals surface area contributed by atoms with Gasteiger partial charge in [-0.3, -0.25) is 0 Å². The molecule has 1 aliphatic carbocycles. The normalized spacial score (nSPS) is 12.9. The Balaban J connectivity index is -0.0000000833. The predicted octanol–water partition coefficient (Wildman–Crippen LogP) is -4.65. The van der Waals surface area contributed by atoms with E-state index >= 15 is 0 Å². The number of rotatable bonds is 0. The van der Waals surface area contributed by atoms with Crippen LogP contribution in [-0.4, -0.2) is 23.1 Å². The van der Waals surface area contributed by atoms with Gasteiger partial charge in [0, 0.05) is 0 Å². The van der Waals surface area contributed by atoms with Crippen LogP contribution >= 0.6 is 0 Å². The van der Waals surface area contributed by atoms with E-state index in [1.54, 1.807) is 5.57 Å². The molecule has 0 nitrogen and oxygen atoms in total. The van der Waals surface area contributed by atoms with E-state index in [-0.39, 0.29) is 71.0 Å². The molecule has 0 N–H and O–H groups in total. The van der Waals surface area contributed by atoms with Crippen LogP contribution in [-0.2, 0) is 0 Å². The van der Waals surface area contributed by atoms with Crippen LogP contribution in [0.1, 0.15) is 19.8 Å². The number of halogens is 2. The summed E-state index contributed by atoms with van der Waals surface area (Å²) in [5, 5.41) is 0. The monoisotopic (exact) mass is 346 g/mol. The summed E-state index contributed by atoms with van der Waals surface area (Å²) in [7, 11) is 0. The fourth-order valence-corrected chi connectivity index (χ4v) is 0.433. The maximum Gasteiger partial charge on any atom is 2.00 e. The molecule has 0 heterocycles. The predicted molar refractivity (Wildman–Crippen MR) is 28.7 cm³/mol. The van der Waals surface area contributed by atoms with Crippen molar-refractivity contribution in [3.8, 4) is 0 Å². The van der Waals surface area contributed by atoms with Crippen molar-refractivity contribution in [2.24, 2.45) is 0 Å². The summed E-state index contributed by atoms with van der Waals surface area (Å²) in [4.78, 5) is 0. The summed E-state index contributed by atoms with van der Waals surface area (Å²) in [6.45, 7) is 2.17. The Bertz CT molecular complexity index is 70.8. The Morgan fingerprint density at radius 1 is 1.38 bits per heavy atom. The number of hydrogen-bond donors (Lipinski definition) is 0. The van der Waals surface area contributed by atoms with E-state index in [0.29, 0.717) is 0 Å². The smallest absolute Gasteiger partial charge is 1.00 e. The summed E-state index contributed by atoms with van der Waals surface area (Å²) in [6.07, 6.45) is 4.94. The second kappa shape index (κ2) is 8.97. The van der Waals surface area contributed by atoms with Gasteiger partial charge in [-0.1, -0.05) is 11.6 Å². The van der Waals surface area contributed by atoms with Gasteiger partial charge in [-0.25, -0.2) is 0 Å². The Morgan fingerprint density at radius 3 is 1.62 bits per heavy atom. The van der Waals surface area contributed by atoms with Crippen molar-refractivity contribution in [2.45, 2.75) is 19.8 Å². The van der Waals surface area contributed by atoms with Crippen LogP contribution < -0.4 is 48.0 Å². The molecule has 8 heavy (non-hydrogen) atoms. The second-order valence-corrected chi connectivity index (χ2v) is 1.59. The van der Waals surface area contributed by atoms with Crippen molar-refractivity contribution >= 4 is 23.1 Å². The molecular formula is C5H8I2Mg. The quantitative estimate of drug-likeness (QED) is 0.235. The average Bonchev–Trinajstić information content (AvgIpc) is 1.30. The maximum absolute atomic E-state index is 2.26. The van der Waals surface area contributed by atoms with E-state index in [1.165, 1.54) is 12.8 Å². The van der Waals surface area contributed by atoms with E-state index in [2.05, 4.69) is 13.0 Å². The van der Waals surface area contributed by atoms with Gasteiger partial charge >= 0.3 is 23.1 Å². The molecule has 0 unspecified atom stereocenters. The molecule has 0 spiro atoms. The van der Waals surface area contributed by atoms with Gasteiger partial charge in [0.25, 0.3) is 0 Å². The molecule has 0 aromatic carbocycles. The van der Waals surface area contributed by atoms with Crippen LogP contribution in [0.5, 0.6) is 0 Å². The maximum atomic E-state index is 2.26. The fraction of sp³-hybridized carbons (Fsp3) is 0.600. The summed E-state index contributed by atoms with van der Waals surface area (Å²) in [5.74, 6) is 0. The molecule has 0 aliphatic heterocycles. The largest absolute Gasteiger partial charge is 2.00 e. The van der Waals surface area contributed by atoms with E-state index in [1.807, 2.05) is 0 Å².